The van der Waals surface area contributed by atoms with Gasteiger partial charge in [0.05, 0.1) is 16.4 Å². The van der Waals surface area contributed by atoms with Gasteiger partial charge in [-0.2, -0.15) is 0 Å². The average molecular weight is 303 g/mol. The van der Waals surface area contributed by atoms with E-state index < -0.39 is 0 Å². The Morgan fingerprint density at radius 1 is 1.28 bits per heavy atom. The van der Waals surface area contributed by atoms with Gasteiger partial charge in [0, 0.05) is 5.56 Å². The lowest BCUT2D eigenvalue weighted by molar-refractivity contribution is 0.965. The third-order valence-corrected chi connectivity index (χ3v) is 3.38. The van der Waals surface area contributed by atoms with Gasteiger partial charge in [0.1, 0.15) is 0 Å². The molecule has 0 aliphatic rings. The zero-order valence-electron chi connectivity index (χ0n) is 9.76. The van der Waals surface area contributed by atoms with E-state index in [1.54, 1.807) is 10.7 Å². The highest BCUT2D eigenvalue weighted by Crippen LogP contribution is 2.24. The van der Waals surface area contributed by atoms with Gasteiger partial charge in [-0.3, -0.25) is 0 Å². The zero-order chi connectivity index (χ0) is 12.7. The van der Waals surface area contributed by atoms with Crippen LogP contribution in [0, 0.1) is 6.92 Å². The minimum Gasteiger partial charge on any atom is -0.397 e. The smallest absolute Gasteiger partial charge is 0.182 e. The van der Waals surface area contributed by atoms with Crippen molar-refractivity contribution in [2.75, 3.05) is 5.73 Å². The highest BCUT2D eigenvalue weighted by Gasteiger charge is 2.10. The monoisotopic (exact) mass is 302 g/mol. The fourth-order valence-corrected chi connectivity index (χ4v) is 2.44. The van der Waals surface area contributed by atoms with Crippen LogP contribution >= 0.6 is 15.9 Å². The van der Waals surface area contributed by atoms with Crippen LogP contribution in [0.2, 0.25) is 0 Å². The van der Waals surface area contributed by atoms with Gasteiger partial charge in [-0.25, -0.2) is 9.50 Å². The van der Waals surface area contributed by atoms with Gasteiger partial charge in [-0.1, -0.05) is 24.3 Å². The number of fused-ring (bicyclic) bond motifs is 1. The molecule has 3 aromatic rings. The number of pyridine rings is 1. The number of nitrogens with zero attached hydrogens (tertiary/aromatic N) is 3. The first-order valence-electron chi connectivity index (χ1n) is 5.52. The molecule has 5 heteroatoms. The second kappa shape index (κ2) is 4.10. The van der Waals surface area contributed by atoms with E-state index in [2.05, 4.69) is 26.0 Å². The molecule has 2 aromatic heterocycles. The van der Waals surface area contributed by atoms with Crippen LogP contribution < -0.4 is 5.73 Å². The fraction of sp³-hybridized carbons (Fsp3) is 0.0769. The predicted molar refractivity (Wildman–Crippen MR) is 75.3 cm³/mol. The molecule has 0 aliphatic heterocycles. The van der Waals surface area contributed by atoms with Gasteiger partial charge in [0.15, 0.2) is 11.5 Å². The van der Waals surface area contributed by atoms with Crippen LogP contribution in [0.5, 0.6) is 0 Å². The maximum absolute atomic E-state index is 5.78. The van der Waals surface area contributed by atoms with Crippen LogP contribution in [-0.4, -0.2) is 14.6 Å². The zero-order valence-corrected chi connectivity index (χ0v) is 11.3. The van der Waals surface area contributed by atoms with Gasteiger partial charge in [-0.05, 0) is 34.5 Å². The summed E-state index contributed by atoms with van der Waals surface area (Å²) in [4.78, 5) is 4.53. The van der Waals surface area contributed by atoms with E-state index in [4.69, 9.17) is 5.73 Å². The molecule has 0 saturated heterocycles. The number of anilines is 1. The number of rotatable bonds is 1. The van der Waals surface area contributed by atoms with E-state index in [9.17, 15) is 0 Å². The summed E-state index contributed by atoms with van der Waals surface area (Å²) in [5, 5.41) is 4.46. The number of halogens is 1. The van der Waals surface area contributed by atoms with Crippen LogP contribution in [0.25, 0.3) is 17.0 Å². The predicted octanol–water partition coefficient (Wildman–Crippen LogP) is 3.05. The van der Waals surface area contributed by atoms with Gasteiger partial charge in [-0.15, -0.1) is 5.10 Å². The van der Waals surface area contributed by atoms with Crippen molar-refractivity contribution in [3.05, 3.63) is 46.6 Å². The summed E-state index contributed by atoms with van der Waals surface area (Å²) in [5.41, 5.74) is 9.38. The van der Waals surface area contributed by atoms with Crippen LogP contribution in [-0.2, 0) is 0 Å². The van der Waals surface area contributed by atoms with E-state index in [0.29, 0.717) is 11.5 Å². The number of nitrogen functional groups attached to an aromatic ring is 1. The van der Waals surface area contributed by atoms with Gasteiger partial charge < -0.3 is 5.73 Å². The average Bonchev–Trinajstić information content (AvgIpc) is 2.73. The molecule has 4 nitrogen and oxygen atoms in total. The largest absolute Gasteiger partial charge is 0.397 e. The van der Waals surface area contributed by atoms with Crippen molar-refractivity contribution >= 4 is 27.3 Å². The fourth-order valence-electron chi connectivity index (χ4n) is 1.90. The topological polar surface area (TPSA) is 56.2 Å². The first-order chi connectivity index (χ1) is 8.65. The Kier molecular flexibility index (Phi) is 2.56. The molecule has 0 aliphatic carbocycles. The van der Waals surface area contributed by atoms with Crippen molar-refractivity contribution in [3.8, 4) is 11.4 Å². The molecule has 0 atom stereocenters. The molecule has 0 spiro atoms. The summed E-state index contributed by atoms with van der Waals surface area (Å²) in [6, 6.07) is 9.87. The molecule has 0 bridgehead atoms. The molecule has 90 valence electrons. The highest BCUT2D eigenvalue weighted by atomic mass is 79.9. The molecule has 0 amide bonds. The van der Waals surface area contributed by atoms with Crippen molar-refractivity contribution in [2.24, 2.45) is 0 Å². The maximum Gasteiger partial charge on any atom is 0.182 e. The number of benzene rings is 1. The minimum atomic E-state index is 0.649. The second-order valence-electron chi connectivity index (χ2n) is 4.14. The molecule has 0 unspecified atom stereocenters. The standard InChI is InChI=1S/C13H11BrN4/c1-8-4-2-3-5-10(8)12-16-13-11(14)6-9(15)7-18(13)17-12/h2-7H,15H2,1H3. The van der Waals surface area contributed by atoms with E-state index in [1.807, 2.05) is 37.3 Å². The van der Waals surface area contributed by atoms with Crippen LogP contribution in [0.4, 0.5) is 5.69 Å². The Morgan fingerprint density at radius 3 is 2.83 bits per heavy atom. The van der Waals surface area contributed by atoms with Crippen LogP contribution in [0.3, 0.4) is 0 Å². The third kappa shape index (κ3) is 1.76. The number of aryl methyl sites for hydroxylation is 1. The van der Waals surface area contributed by atoms with E-state index in [-0.39, 0.29) is 0 Å². The molecule has 3 rings (SSSR count). The van der Waals surface area contributed by atoms with E-state index >= 15 is 0 Å². The summed E-state index contributed by atoms with van der Waals surface area (Å²) in [5.74, 6) is 0.708. The lowest BCUT2D eigenvalue weighted by Crippen LogP contribution is -1.93. The maximum atomic E-state index is 5.78. The number of hydrogen-bond acceptors (Lipinski definition) is 3. The molecule has 0 radical (unpaired) electrons. The summed E-state index contributed by atoms with van der Waals surface area (Å²) in [6.45, 7) is 2.05. The Bertz CT molecular complexity index is 733. The second-order valence-corrected chi connectivity index (χ2v) is 4.99. The Morgan fingerprint density at radius 2 is 2.06 bits per heavy atom. The molecule has 0 fully saturated rings. The first-order valence-corrected chi connectivity index (χ1v) is 6.32. The van der Waals surface area contributed by atoms with Crippen LogP contribution in [0.1, 0.15) is 5.56 Å². The summed E-state index contributed by atoms with van der Waals surface area (Å²) >= 11 is 3.45. The highest BCUT2D eigenvalue weighted by molar-refractivity contribution is 9.10. The summed E-state index contributed by atoms with van der Waals surface area (Å²) in [7, 11) is 0. The van der Waals surface area contributed by atoms with Crippen molar-refractivity contribution < 1.29 is 0 Å². The Hall–Kier alpha value is -1.88. The van der Waals surface area contributed by atoms with Crippen molar-refractivity contribution in [2.45, 2.75) is 6.92 Å². The number of aromatic nitrogens is 3. The Balaban J connectivity index is 2.26. The minimum absolute atomic E-state index is 0.649. The SMILES string of the molecule is Cc1ccccc1-c1nc2c(Br)cc(N)cn2n1. The number of nitrogens with two attached hydrogens (primary N) is 1. The van der Waals surface area contributed by atoms with Crippen molar-refractivity contribution in [3.63, 3.8) is 0 Å². The third-order valence-electron chi connectivity index (χ3n) is 2.80. The van der Waals surface area contributed by atoms with Gasteiger partial charge in [0.2, 0.25) is 0 Å². The van der Waals surface area contributed by atoms with Crippen molar-refractivity contribution in [1.82, 2.24) is 14.6 Å². The molecule has 2 N–H and O–H groups in total. The normalized spacial score (nSPS) is 11.0. The molecule has 0 saturated carbocycles. The molecular weight excluding hydrogens is 292 g/mol. The van der Waals surface area contributed by atoms with E-state index in [1.165, 1.54) is 0 Å². The molecular formula is C13H11BrN4. The van der Waals surface area contributed by atoms with Crippen LogP contribution in [0.15, 0.2) is 41.0 Å². The summed E-state index contributed by atoms with van der Waals surface area (Å²) < 4.78 is 2.54. The number of hydrogen-bond donors (Lipinski definition) is 1. The summed E-state index contributed by atoms with van der Waals surface area (Å²) in [6.07, 6.45) is 1.76. The lowest BCUT2D eigenvalue weighted by atomic mass is 10.1. The first kappa shape index (κ1) is 11.2. The van der Waals surface area contributed by atoms with E-state index in [0.717, 1.165) is 21.2 Å². The quantitative estimate of drug-likeness (QED) is 0.751. The Labute approximate surface area is 113 Å². The molecule has 2 heterocycles. The molecule has 18 heavy (non-hydrogen) atoms. The van der Waals surface area contributed by atoms with Gasteiger partial charge >= 0.3 is 0 Å². The lowest BCUT2D eigenvalue weighted by Gasteiger charge is -1.98. The molecule has 1 aromatic carbocycles. The van der Waals surface area contributed by atoms with Gasteiger partial charge in [0.25, 0.3) is 0 Å². The van der Waals surface area contributed by atoms with Crippen molar-refractivity contribution in [1.29, 1.82) is 0 Å².